The highest BCUT2D eigenvalue weighted by Crippen LogP contribution is 2.32. The van der Waals surface area contributed by atoms with Crippen molar-refractivity contribution in [3.05, 3.63) is 56.5 Å². The van der Waals surface area contributed by atoms with Crippen molar-refractivity contribution in [1.82, 2.24) is 0 Å². The molecule has 2 nitrogen and oxygen atoms in total. The molecule has 0 aromatic heterocycles. The SMILES string of the molecule is COc1cccc(CNc2c(Br)cc(C)cc2Br)c1. The first-order valence-electron chi connectivity index (χ1n) is 5.92. The number of methoxy groups -OCH3 is 1. The van der Waals surface area contributed by atoms with Crippen molar-refractivity contribution in [2.75, 3.05) is 12.4 Å². The van der Waals surface area contributed by atoms with Crippen LogP contribution in [-0.2, 0) is 6.54 Å². The third kappa shape index (κ3) is 3.74. The molecule has 0 amide bonds. The van der Waals surface area contributed by atoms with Crippen molar-refractivity contribution in [2.24, 2.45) is 0 Å². The van der Waals surface area contributed by atoms with Crippen LogP contribution in [0.25, 0.3) is 0 Å². The number of hydrogen-bond acceptors (Lipinski definition) is 2. The van der Waals surface area contributed by atoms with Gasteiger partial charge in [0.2, 0.25) is 0 Å². The summed E-state index contributed by atoms with van der Waals surface area (Å²) in [6.07, 6.45) is 0. The molecular formula is C15H15Br2NO. The predicted molar refractivity (Wildman–Crippen MR) is 86.9 cm³/mol. The van der Waals surface area contributed by atoms with Gasteiger partial charge in [-0.05, 0) is 74.2 Å². The molecule has 0 fully saturated rings. The van der Waals surface area contributed by atoms with Crippen LogP contribution in [0.4, 0.5) is 5.69 Å². The average Bonchev–Trinajstić information content (AvgIpc) is 2.37. The van der Waals surface area contributed by atoms with Crippen molar-refractivity contribution in [3.63, 3.8) is 0 Å². The lowest BCUT2D eigenvalue weighted by atomic mass is 10.2. The van der Waals surface area contributed by atoms with E-state index in [1.165, 1.54) is 11.1 Å². The van der Waals surface area contributed by atoms with Gasteiger partial charge in [-0.1, -0.05) is 12.1 Å². The Morgan fingerprint density at radius 1 is 1.11 bits per heavy atom. The molecular weight excluding hydrogens is 370 g/mol. The fraction of sp³-hybridized carbons (Fsp3) is 0.200. The standard InChI is InChI=1S/C15H15Br2NO/c1-10-6-13(16)15(14(17)7-10)18-9-11-4-3-5-12(8-11)19-2/h3-8,18H,9H2,1-2H3. The Bertz CT molecular complexity index is 561. The lowest BCUT2D eigenvalue weighted by Crippen LogP contribution is -2.01. The van der Waals surface area contributed by atoms with E-state index in [0.717, 1.165) is 26.9 Å². The minimum absolute atomic E-state index is 0.747. The quantitative estimate of drug-likeness (QED) is 0.787. The van der Waals surface area contributed by atoms with Crippen LogP contribution in [0.15, 0.2) is 45.3 Å². The highest BCUT2D eigenvalue weighted by atomic mass is 79.9. The largest absolute Gasteiger partial charge is 0.497 e. The lowest BCUT2D eigenvalue weighted by molar-refractivity contribution is 0.414. The molecule has 0 atom stereocenters. The Morgan fingerprint density at radius 2 is 1.79 bits per heavy atom. The van der Waals surface area contributed by atoms with E-state index in [-0.39, 0.29) is 0 Å². The zero-order chi connectivity index (χ0) is 13.8. The topological polar surface area (TPSA) is 21.3 Å². The molecule has 19 heavy (non-hydrogen) atoms. The number of halogens is 2. The van der Waals surface area contributed by atoms with E-state index in [1.54, 1.807) is 7.11 Å². The highest BCUT2D eigenvalue weighted by molar-refractivity contribution is 9.11. The first kappa shape index (κ1) is 14.4. The second-order valence-electron chi connectivity index (χ2n) is 4.31. The maximum atomic E-state index is 5.22. The van der Waals surface area contributed by atoms with Gasteiger partial charge in [-0.2, -0.15) is 0 Å². The number of ether oxygens (including phenoxy) is 1. The maximum Gasteiger partial charge on any atom is 0.119 e. The lowest BCUT2D eigenvalue weighted by Gasteiger charge is -2.12. The minimum atomic E-state index is 0.747. The molecule has 0 aliphatic heterocycles. The summed E-state index contributed by atoms with van der Waals surface area (Å²) in [5.74, 6) is 0.876. The van der Waals surface area contributed by atoms with Crippen LogP contribution in [0.3, 0.4) is 0 Å². The molecule has 0 spiro atoms. The molecule has 0 unspecified atom stereocenters. The third-order valence-corrected chi connectivity index (χ3v) is 4.04. The third-order valence-electron chi connectivity index (χ3n) is 2.79. The van der Waals surface area contributed by atoms with Crippen molar-refractivity contribution in [1.29, 1.82) is 0 Å². The van der Waals surface area contributed by atoms with E-state index in [2.05, 4.69) is 62.3 Å². The van der Waals surface area contributed by atoms with E-state index in [9.17, 15) is 0 Å². The summed E-state index contributed by atoms with van der Waals surface area (Å²) in [7, 11) is 1.68. The normalized spacial score (nSPS) is 10.3. The van der Waals surface area contributed by atoms with E-state index >= 15 is 0 Å². The molecule has 4 heteroatoms. The van der Waals surface area contributed by atoms with Crippen molar-refractivity contribution in [3.8, 4) is 5.75 Å². The second kappa shape index (κ2) is 6.44. The first-order chi connectivity index (χ1) is 9.10. The molecule has 2 aromatic carbocycles. The van der Waals surface area contributed by atoms with Gasteiger partial charge in [-0.15, -0.1) is 0 Å². The number of anilines is 1. The van der Waals surface area contributed by atoms with Crippen molar-refractivity contribution in [2.45, 2.75) is 13.5 Å². The molecule has 0 radical (unpaired) electrons. The van der Waals surface area contributed by atoms with Crippen LogP contribution < -0.4 is 10.1 Å². The average molecular weight is 385 g/mol. The van der Waals surface area contributed by atoms with Crippen molar-refractivity contribution >= 4 is 37.5 Å². The molecule has 0 bridgehead atoms. The Balaban J connectivity index is 2.14. The molecule has 0 heterocycles. The Morgan fingerprint density at radius 3 is 2.42 bits per heavy atom. The van der Waals surface area contributed by atoms with Gasteiger partial charge in [0.1, 0.15) is 5.75 Å². The highest BCUT2D eigenvalue weighted by Gasteiger charge is 2.06. The number of benzene rings is 2. The predicted octanol–water partition coefficient (Wildman–Crippen LogP) is 5.14. The van der Waals surface area contributed by atoms with Crippen LogP contribution in [0.1, 0.15) is 11.1 Å². The number of nitrogens with one attached hydrogen (secondary N) is 1. The maximum absolute atomic E-state index is 5.22. The molecule has 0 aliphatic rings. The van der Waals surface area contributed by atoms with Gasteiger partial charge in [-0.25, -0.2) is 0 Å². The molecule has 2 rings (SSSR count). The van der Waals surface area contributed by atoms with Crippen LogP contribution >= 0.6 is 31.9 Å². The molecule has 0 saturated heterocycles. The smallest absolute Gasteiger partial charge is 0.119 e. The van der Waals surface area contributed by atoms with Crippen molar-refractivity contribution < 1.29 is 4.74 Å². The Labute approximate surface area is 130 Å². The summed E-state index contributed by atoms with van der Waals surface area (Å²) >= 11 is 7.16. The Hall–Kier alpha value is -1.00. The van der Waals surface area contributed by atoms with Gasteiger partial charge < -0.3 is 10.1 Å². The molecule has 1 N–H and O–H groups in total. The fourth-order valence-electron chi connectivity index (χ4n) is 1.84. The first-order valence-corrected chi connectivity index (χ1v) is 7.51. The molecule has 2 aromatic rings. The van der Waals surface area contributed by atoms with Crippen LogP contribution in [-0.4, -0.2) is 7.11 Å². The summed E-state index contributed by atoms with van der Waals surface area (Å²) < 4.78 is 7.34. The van der Waals surface area contributed by atoms with Gasteiger partial charge in [0.05, 0.1) is 12.8 Å². The zero-order valence-corrected chi connectivity index (χ0v) is 14.0. The monoisotopic (exact) mass is 383 g/mol. The van der Waals surface area contributed by atoms with Gasteiger partial charge in [-0.3, -0.25) is 0 Å². The summed E-state index contributed by atoms with van der Waals surface area (Å²) in [5.41, 5.74) is 3.46. The van der Waals surface area contributed by atoms with E-state index < -0.39 is 0 Å². The fourth-order valence-corrected chi connectivity index (χ4v) is 3.54. The molecule has 100 valence electrons. The van der Waals surface area contributed by atoms with E-state index in [1.807, 2.05) is 18.2 Å². The summed E-state index contributed by atoms with van der Waals surface area (Å²) in [6.45, 7) is 2.82. The van der Waals surface area contributed by atoms with Crippen LogP contribution in [0.5, 0.6) is 5.75 Å². The summed E-state index contributed by atoms with van der Waals surface area (Å²) in [5, 5.41) is 3.43. The molecule has 0 saturated carbocycles. The summed E-state index contributed by atoms with van der Waals surface area (Å²) in [6, 6.07) is 12.2. The second-order valence-corrected chi connectivity index (χ2v) is 6.02. The zero-order valence-electron chi connectivity index (χ0n) is 10.8. The van der Waals surface area contributed by atoms with E-state index in [0.29, 0.717) is 0 Å². The summed E-state index contributed by atoms with van der Waals surface area (Å²) in [4.78, 5) is 0. The van der Waals surface area contributed by atoms with Gasteiger partial charge in [0.15, 0.2) is 0 Å². The van der Waals surface area contributed by atoms with Gasteiger partial charge in [0, 0.05) is 15.5 Å². The van der Waals surface area contributed by atoms with Crippen LogP contribution in [0, 0.1) is 6.92 Å². The van der Waals surface area contributed by atoms with Gasteiger partial charge in [0.25, 0.3) is 0 Å². The molecule has 0 aliphatic carbocycles. The Kier molecular flexibility index (Phi) is 4.88. The van der Waals surface area contributed by atoms with Crippen LogP contribution in [0.2, 0.25) is 0 Å². The number of rotatable bonds is 4. The van der Waals surface area contributed by atoms with Gasteiger partial charge >= 0.3 is 0 Å². The number of hydrogen-bond donors (Lipinski definition) is 1. The number of aryl methyl sites for hydroxylation is 1. The minimum Gasteiger partial charge on any atom is -0.497 e. The van der Waals surface area contributed by atoms with E-state index in [4.69, 9.17) is 4.74 Å².